The van der Waals surface area contributed by atoms with Crippen LogP contribution in [0.25, 0.3) is 0 Å². The summed E-state index contributed by atoms with van der Waals surface area (Å²) in [5, 5.41) is 42.0. The lowest BCUT2D eigenvalue weighted by Gasteiger charge is -2.31. The lowest BCUT2D eigenvalue weighted by Crippen LogP contribution is -2.44. The van der Waals surface area contributed by atoms with Crippen LogP contribution in [-0.2, 0) is 28.3 Å². The first kappa shape index (κ1) is 30.8. The highest BCUT2D eigenvalue weighted by atomic mass is 16.6. The number of aliphatic hydroxyl groups is 2. The molecular formula is C34H34N6O6. The number of allylic oxidation sites excluding steroid dienone is 1. The molecule has 1 unspecified atom stereocenters. The molecule has 0 radical (unpaired) electrons. The summed E-state index contributed by atoms with van der Waals surface area (Å²) in [6.45, 7) is 2.89. The molecule has 46 heavy (non-hydrogen) atoms. The smallest absolute Gasteiger partial charge is 0.269 e. The average molecular weight is 623 g/mol. The zero-order valence-corrected chi connectivity index (χ0v) is 25.3. The Labute approximate surface area is 265 Å². The zero-order valence-electron chi connectivity index (χ0n) is 25.3. The number of nitrogens with zero attached hydrogens (tertiary/aromatic N) is 6. The van der Waals surface area contributed by atoms with Gasteiger partial charge in [0.05, 0.1) is 35.4 Å². The second-order valence-corrected chi connectivity index (χ2v) is 11.6. The number of amides is 2. The maximum Gasteiger partial charge on any atom is 0.269 e. The number of hydrogen-bond donors (Lipinski definition) is 2. The molecule has 3 heterocycles. The number of non-ortho nitro benzene ring substituents is 1. The van der Waals surface area contributed by atoms with E-state index in [4.69, 9.17) is 0 Å². The molecule has 2 aliphatic rings. The van der Waals surface area contributed by atoms with Crippen LogP contribution in [0.1, 0.15) is 48.1 Å². The van der Waals surface area contributed by atoms with Gasteiger partial charge < -0.3 is 20.0 Å². The summed E-state index contributed by atoms with van der Waals surface area (Å²) in [6, 6.07) is 21.0. The molecule has 0 spiro atoms. The molecule has 1 saturated heterocycles. The van der Waals surface area contributed by atoms with Gasteiger partial charge in [-0.25, -0.2) is 0 Å². The molecule has 2 aliphatic heterocycles. The quantitative estimate of drug-likeness (QED) is 0.104. The van der Waals surface area contributed by atoms with E-state index in [1.165, 1.54) is 23.1 Å². The SMILES string of the molecule is C[C@H](/C=C/CCn1cc(C(CO)c2ccccc2)nn1)[C@@]1(O)C(=O)N(Cc2ccc(N3CCC3=O)cc2)c2ccc([N+](=O)[O-])cc21. The molecule has 1 aromatic heterocycles. The van der Waals surface area contributed by atoms with E-state index in [2.05, 4.69) is 10.3 Å². The maximum atomic E-state index is 13.9. The number of benzene rings is 3. The second-order valence-electron chi connectivity index (χ2n) is 11.6. The Hall–Kier alpha value is -5.20. The Kier molecular flexibility index (Phi) is 8.48. The van der Waals surface area contributed by atoms with Crippen LogP contribution in [0.3, 0.4) is 0 Å². The summed E-state index contributed by atoms with van der Waals surface area (Å²) in [5.74, 6) is -1.51. The van der Waals surface area contributed by atoms with E-state index in [0.717, 1.165) is 16.8 Å². The van der Waals surface area contributed by atoms with Crippen LogP contribution in [0.2, 0.25) is 0 Å². The molecule has 2 N–H and O–H groups in total. The number of aromatic nitrogens is 3. The number of nitro groups is 1. The van der Waals surface area contributed by atoms with Crippen molar-refractivity contribution in [1.29, 1.82) is 0 Å². The van der Waals surface area contributed by atoms with Crippen LogP contribution in [0, 0.1) is 16.0 Å². The molecule has 12 nitrogen and oxygen atoms in total. The highest BCUT2D eigenvalue weighted by Crippen LogP contribution is 2.47. The minimum atomic E-state index is -2.02. The molecule has 0 bridgehead atoms. The van der Waals surface area contributed by atoms with Gasteiger partial charge >= 0.3 is 0 Å². The number of fused-ring (bicyclic) bond motifs is 1. The number of aryl methyl sites for hydroxylation is 1. The fourth-order valence-electron chi connectivity index (χ4n) is 6.04. The summed E-state index contributed by atoms with van der Waals surface area (Å²) in [6.07, 6.45) is 6.42. The van der Waals surface area contributed by atoms with Gasteiger partial charge in [-0.05, 0) is 35.7 Å². The number of carbonyl (C=O) groups is 2. The third-order valence-electron chi connectivity index (χ3n) is 8.81. The van der Waals surface area contributed by atoms with E-state index >= 15 is 0 Å². The molecule has 0 saturated carbocycles. The number of aliphatic hydroxyl groups excluding tert-OH is 1. The van der Waals surface area contributed by atoms with E-state index in [0.29, 0.717) is 37.3 Å². The second kappa shape index (κ2) is 12.7. The zero-order chi connectivity index (χ0) is 32.4. The van der Waals surface area contributed by atoms with Gasteiger partial charge in [-0.3, -0.25) is 24.4 Å². The first-order valence-corrected chi connectivity index (χ1v) is 15.2. The molecule has 2 amide bonds. The van der Waals surface area contributed by atoms with Gasteiger partial charge in [0.2, 0.25) is 5.91 Å². The summed E-state index contributed by atoms with van der Waals surface area (Å²) >= 11 is 0. The van der Waals surface area contributed by atoms with Crippen LogP contribution in [-0.4, -0.2) is 55.1 Å². The van der Waals surface area contributed by atoms with Crippen molar-refractivity contribution in [3.05, 3.63) is 124 Å². The van der Waals surface area contributed by atoms with Gasteiger partial charge in [-0.2, -0.15) is 0 Å². The van der Waals surface area contributed by atoms with Crippen molar-refractivity contribution in [2.24, 2.45) is 5.92 Å². The van der Waals surface area contributed by atoms with Crippen molar-refractivity contribution in [2.45, 2.75) is 44.4 Å². The van der Waals surface area contributed by atoms with Gasteiger partial charge in [0, 0.05) is 55.0 Å². The highest BCUT2D eigenvalue weighted by molar-refractivity contribution is 6.07. The Bertz CT molecular complexity index is 1790. The number of carbonyl (C=O) groups excluding carboxylic acids is 2. The first-order chi connectivity index (χ1) is 22.2. The predicted octanol–water partition coefficient (Wildman–Crippen LogP) is 4.06. The van der Waals surface area contributed by atoms with Crippen molar-refractivity contribution in [1.82, 2.24) is 15.0 Å². The van der Waals surface area contributed by atoms with Crippen molar-refractivity contribution in [2.75, 3.05) is 23.0 Å². The van der Waals surface area contributed by atoms with Crippen LogP contribution in [0.4, 0.5) is 17.1 Å². The molecular weight excluding hydrogens is 588 g/mol. The van der Waals surface area contributed by atoms with Crippen LogP contribution in [0.5, 0.6) is 0 Å². The van der Waals surface area contributed by atoms with Gasteiger partial charge in [0.1, 0.15) is 0 Å². The summed E-state index contributed by atoms with van der Waals surface area (Å²) < 4.78 is 1.68. The number of β-lactam (4-membered cyclic amide) rings is 1. The lowest BCUT2D eigenvalue weighted by molar-refractivity contribution is -0.385. The third kappa shape index (κ3) is 5.68. The Morgan fingerprint density at radius 1 is 1.09 bits per heavy atom. The van der Waals surface area contributed by atoms with E-state index in [-0.39, 0.29) is 36.2 Å². The van der Waals surface area contributed by atoms with E-state index in [9.17, 15) is 29.9 Å². The molecule has 236 valence electrons. The summed E-state index contributed by atoms with van der Waals surface area (Å²) in [4.78, 5) is 40.0. The average Bonchev–Trinajstić information content (AvgIpc) is 3.61. The molecule has 3 atom stereocenters. The summed E-state index contributed by atoms with van der Waals surface area (Å²) in [5.41, 5.74) is 1.51. The first-order valence-electron chi connectivity index (χ1n) is 15.2. The van der Waals surface area contributed by atoms with Crippen LogP contribution < -0.4 is 9.80 Å². The molecule has 3 aromatic carbocycles. The van der Waals surface area contributed by atoms with Crippen LogP contribution in [0.15, 0.2) is 91.1 Å². The molecule has 0 aliphatic carbocycles. The molecule has 1 fully saturated rings. The molecule has 4 aromatic rings. The topological polar surface area (TPSA) is 155 Å². The standard InChI is InChI=1S/C34H34N6O6/c1-23(7-5-6-17-37-21-30(35-36-37)28(22-41)25-8-3-2-4-9-25)34(44)29-19-27(40(45)46)14-15-31(29)39(33(34)43)20-24-10-12-26(13-11-24)38-18-16-32(38)42/h2-5,7-15,19,21,23,28,41,44H,6,16-18,20,22H2,1H3/b7-5+/t23-,28?,34+/m1/s1. The minimum absolute atomic E-state index is 0.0644. The Morgan fingerprint density at radius 2 is 1.85 bits per heavy atom. The largest absolute Gasteiger partial charge is 0.395 e. The predicted molar refractivity (Wildman–Crippen MR) is 170 cm³/mol. The Morgan fingerprint density at radius 3 is 2.50 bits per heavy atom. The fraction of sp³-hybridized carbons (Fsp3) is 0.294. The number of hydrogen-bond acceptors (Lipinski definition) is 8. The number of anilines is 2. The fourth-order valence-corrected chi connectivity index (χ4v) is 6.04. The van der Waals surface area contributed by atoms with Crippen molar-refractivity contribution in [3.8, 4) is 0 Å². The Balaban J connectivity index is 1.17. The normalized spacial score (nSPS) is 18.9. The summed E-state index contributed by atoms with van der Waals surface area (Å²) in [7, 11) is 0. The van der Waals surface area contributed by atoms with E-state index in [1.54, 1.807) is 28.8 Å². The molecule has 6 rings (SSSR count). The lowest BCUT2D eigenvalue weighted by atomic mass is 9.82. The van der Waals surface area contributed by atoms with Crippen LogP contribution >= 0.6 is 0 Å². The number of rotatable bonds is 12. The van der Waals surface area contributed by atoms with E-state index in [1.807, 2.05) is 60.7 Å². The van der Waals surface area contributed by atoms with Crippen molar-refractivity contribution < 1.29 is 24.7 Å². The van der Waals surface area contributed by atoms with Crippen molar-refractivity contribution in [3.63, 3.8) is 0 Å². The van der Waals surface area contributed by atoms with Gasteiger partial charge in [-0.15, -0.1) is 5.10 Å². The maximum absolute atomic E-state index is 13.9. The minimum Gasteiger partial charge on any atom is -0.395 e. The van der Waals surface area contributed by atoms with Crippen molar-refractivity contribution >= 4 is 28.9 Å². The monoisotopic (exact) mass is 622 g/mol. The van der Waals surface area contributed by atoms with Gasteiger partial charge in [0.25, 0.3) is 11.6 Å². The number of nitro benzene ring substituents is 1. The third-order valence-corrected chi connectivity index (χ3v) is 8.81. The van der Waals surface area contributed by atoms with Gasteiger partial charge in [0.15, 0.2) is 5.60 Å². The van der Waals surface area contributed by atoms with Gasteiger partial charge in [-0.1, -0.05) is 66.8 Å². The van der Waals surface area contributed by atoms with E-state index < -0.39 is 22.3 Å². The highest BCUT2D eigenvalue weighted by Gasteiger charge is 2.53. The molecule has 12 heteroatoms.